The van der Waals surface area contributed by atoms with Gasteiger partial charge in [0.15, 0.2) is 0 Å². The van der Waals surface area contributed by atoms with Gasteiger partial charge in [0.05, 0.1) is 12.5 Å². The standard InChI is InChI=1S/C9H17NO3S/c1-5-8(14-4)10(6-11)7(2)9(12)13-3/h6-8H,5H2,1-4H3/t7-,8?/m0/s1. The van der Waals surface area contributed by atoms with Gasteiger partial charge in [0.25, 0.3) is 0 Å². The smallest absolute Gasteiger partial charge is 0.328 e. The van der Waals surface area contributed by atoms with E-state index in [9.17, 15) is 9.59 Å². The van der Waals surface area contributed by atoms with Gasteiger partial charge in [0.1, 0.15) is 6.04 Å². The first-order valence-electron chi connectivity index (χ1n) is 4.45. The van der Waals surface area contributed by atoms with Crippen molar-refractivity contribution in [2.24, 2.45) is 0 Å². The van der Waals surface area contributed by atoms with Crippen LogP contribution in [0.4, 0.5) is 0 Å². The van der Waals surface area contributed by atoms with Crippen LogP contribution in [-0.4, -0.2) is 42.1 Å². The summed E-state index contributed by atoms with van der Waals surface area (Å²) in [7, 11) is 1.32. The fourth-order valence-corrected chi connectivity index (χ4v) is 2.01. The molecule has 0 radical (unpaired) electrons. The normalized spacial score (nSPS) is 14.3. The minimum absolute atomic E-state index is 0.0293. The number of amides is 1. The molecule has 1 amide bonds. The van der Waals surface area contributed by atoms with Gasteiger partial charge in [-0.15, -0.1) is 11.8 Å². The molecule has 1 unspecified atom stereocenters. The van der Waals surface area contributed by atoms with E-state index >= 15 is 0 Å². The maximum absolute atomic E-state index is 11.2. The monoisotopic (exact) mass is 219 g/mol. The molecule has 14 heavy (non-hydrogen) atoms. The highest BCUT2D eigenvalue weighted by atomic mass is 32.2. The molecule has 0 fully saturated rings. The molecular formula is C9H17NO3S. The van der Waals surface area contributed by atoms with E-state index in [1.807, 2.05) is 13.2 Å². The summed E-state index contributed by atoms with van der Waals surface area (Å²) in [4.78, 5) is 23.5. The van der Waals surface area contributed by atoms with Crippen molar-refractivity contribution in [3.8, 4) is 0 Å². The summed E-state index contributed by atoms with van der Waals surface area (Å²) in [6, 6.07) is -0.519. The average Bonchev–Trinajstić information content (AvgIpc) is 2.23. The lowest BCUT2D eigenvalue weighted by Crippen LogP contribution is -2.43. The zero-order valence-electron chi connectivity index (χ0n) is 9.02. The van der Waals surface area contributed by atoms with E-state index in [1.165, 1.54) is 12.0 Å². The predicted octanol–water partition coefficient (Wildman–Crippen LogP) is 1.11. The van der Waals surface area contributed by atoms with Gasteiger partial charge in [0.2, 0.25) is 6.41 Å². The summed E-state index contributed by atoms with van der Waals surface area (Å²) >= 11 is 1.55. The minimum Gasteiger partial charge on any atom is -0.467 e. The Hall–Kier alpha value is -0.710. The second-order valence-corrected chi connectivity index (χ2v) is 3.87. The van der Waals surface area contributed by atoms with Crippen LogP contribution in [0, 0.1) is 0 Å². The number of methoxy groups -OCH3 is 1. The number of carbonyl (C=O) groups excluding carboxylic acids is 2. The maximum Gasteiger partial charge on any atom is 0.328 e. The van der Waals surface area contributed by atoms with E-state index in [-0.39, 0.29) is 11.3 Å². The summed E-state index contributed by atoms with van der Waals surface area (Å²) in [5.41, 5.74) is 0. The van der Waals surface area contributed by atoms with Crippen LogP contribution in [0.1, 0.15) is 20.3 Å². The van der Waals surface area contributed by atoms with Crippen molar-refractivity contribution in [1.82, 2.24) is 4.90 Å². The van der Waals surface area contributed by atoms with E-state index in [0.717, 1.165) is 6.42 Å². The molecule has 5 heteroatoms. The van der Waals surface area contributed by atoms with Crippen LogP contribution in [-0.2, 0) is 14.3 Å². The Balaban J connectivity index is 4.52. The van der Waals surface area contributed by atoms with Crippen LogP contribution in [0.5, 0.6) is 0 Å². The van der Waals surface area contributed by atoms with Crippen molar-refractivity contribution >= 4 is 24.1 Å². The number of esters is 1. The second-order valence-electron chi connectivity index (χ2n) is 2.85. The van der Waals surface area contributed by atoms with Gasteiger partial charge in [-0.3, -0.25) is 4.79 Å². The first-order valence-corrected chi connectivity index (χ1v) is 5.74. The molecule has 0 spiro atoms. The topological polar surface area (TPSA) is 46.6 Å². The third-order valence-electron chi connectivity index (χ3n) is 2.07. The summed E-state index contributed by atoms with van der Waals surface area (Å²) in [6.45, 7) is 3.64. The van der Waals surface area contributed by atoms with Crippen LogP contribution < -0.4 is 0 Å². The van der Waals surface area contributed by atoms with E-state index in [2.05, 4.69) is 4.74 Å². The molecule has 0 heterocycles. The van der Waals surface area contributed by atoms with Gasteiger partial charge < -0.3 is 9.64 Å². The third-order valence-corrected chi connectivity index (χ3v) is 3.19. The zero-order valence-corrected chi connectivity index (χ0v) is 9.84. The average molecular weight is 219 g/mol. The number of thioether (sulfide) groups is 1. The third kappa shape index (κ3) is 3.21. The van der Waals surface area contributed by atoms with Crippen LogP contribution >= 0.6 is 11.8 Å². The van der Waals surface area contributed by atoms with Crippen LogP contribution in [0.15, 0.2) is 0 Å². The molecule has 0 rings (SSSR count). The van der Waals surface area contributed by atoms with Crippen molar-refractivity contribution in [3.05, 3.63) is 0 Å². The number of nitrogens with zero attached hydrogens (tertiary/aromatic N) is 1. The van der Waals surface area contributed by atoms with E-state index in [0.29, 0.717) is 6.41 Å². The molecule has 0 aliphatic rings. The molecule has 0 aromatic carbocycles. The van der Waals surface area contributed by atoms with Crippen molar-refractivity contribution in [2.75, 3.05) is 13.4 Å². The molecule has 82 valence electrons. The quantitative estimate of drug-likeness (QED) is 0.381. The Morgan fingerprint density at radius 1 is 1.64 bits per heavy atom. The van der Waals surface area contributed by atoms with Crippen molar-refractivity contribution < 1.29 is 14.3 Å². The molecule has 0 aliphatic heterocycles. The Morgan fingerprint density at radius 2 is 2.21 bits per heavy atom. The Labute approximate surface area is 89.0 Å². The lowest BCUT2D eigenvalue weighted by Gasteiger charge is -2.29. The Bertz CT molecular complexity index is 194. The van der Waals surface area contributed by atoms with Crippen LogP contribution in [0.2, 0.25) is 0 Å². The van der Waals surface area contributed by atoms with Crippen molar-refractivity contribution in [3.63, 3.8) is 0 Å². The lowest BCUT2D eigenvalue weighted by molar-refractivity contribution is -0.149. The fourth-order valence-electron chi connectivity index (χ4n) is 1.20. The summed E-state index contributed by atoms with van der Waals surface area (Å²) in [5, 5.41) is 0.0293. The summed E-state index contributed by atoms with van der Waals surface area (Å²) in [6.07, 6.45) is 3.42. The van der Waals surface area contributed by atoms with Crippen molar-refractivity contribution in [1.29, 1.82) is 0 Å². The molecule has 0 bridgehead atoms. The number of hydrogen-bond acceptors (Lipinski definition) is 4. The van der Waals surface area contributed by atoms with E-state index in [1.54, 1.807) is 18.7 Å². The first-order chi connectivity index (χ1) is 6.62. The number of rotatable bonds is 6. The van der Waals surface area contributed by atoms with Crippen molar-refractivity contribution in [2.45, 2.75) is 31.7 Å². The highest BCUT2D eigenvalue weighted by Crippen LogP contribution is 2.17. The maximum atomic E-state index is 11.2. The number of hydrogen-bond donors (Lipinski definition) is 0. The zero-order chi connectivity index (χ0) is 11.1. The van der Waals surface area contributed by atoms with E-state index in [4.69, 9.17) is 0 Å². The van der Waals surface area contributed by atoms with Gasteiger partial charge in [0, 0.05) is 0 Å². The molecule has 2 atom stereocenters. The SMILES string of the molecule is CCC(SC)N(C=O)[C@@H](C)C(=O)OC. The van der Waals surface area contributed by atoms with Gasteiger partial charge in [-0.25, -0.2) is 4.79 Å². The van der Waals surface area contributed by atoms with Gasteiger partial charge in [-0.2, -0.15) is 0 Å². The molecular weight excluding hydrogens is 202 g/mol. The molecule has 0 saturated heterocycles. The molecule has 0 aliphatic carbocycles. The molecule has 0 saturated carbocycles. The summed E-state index contributed by atoms with van der Waals surface area (Å²) in [5.74, 6) is -0.385. The molecule has 0 N–H and O–H groups in total. The Morgan fingerprint density at radius 3 is 2.50 bits per heavy atom. The highest BCUT2D eigenvalue weighted by Gasteiger charge is 2.25. The highest BCUT2D eigenvalue weighted by molar-refractivity contribution is 7.99. The second kappa shape index (κ2) is 6.70. The van der Waals surface area contributed by atoms with Crippen LogP contribution in [0.25, 0.3) is 0 Å². The predicted molar refractivity (Wildman–Crippen MR) is 57.0 cm³/mol. The van der Waals surface area contributed by atoms with E-state index < -0.39 is 6.04 Å². The lowest BCUT2D eigenvalue weighted by atomic mass is 10.3. The first kappa shape index (κ1) is 13.3. The van der Waals surface area contributed by atoms with Crippen LogP contribution in [0.3, 0.4) is 0 Å². The number of carbonyl (C=O) groups is 2. The summed E-state index contributed by atoms with van der Waals surface area (Å²) < 4.78 is 4.59. The minimum atomic E-state index is -0.519. The molecule has 4 nitrogen and oxygen atoms in total. The van der Waals surface area contributed by atoms with Gasteiger partial charge >= 0.3 is 5.97 Å². The van der Waals surface area contributed by atoms with Gasteiger partial charge in [-0.05, 0) is 19.6 Å². The largest absolute Gasteiger partial charge is 0.467 e. The number of ether oxygens (including phenoxy) is 1. The molecule has 0 aromatic heterocycles. The Kier molecular flexibility index (Phi) is 6.36. The van der Waals surface area contributed by atoms with Gasteiger partial charge in [-0.1, -0.05) is 6.92 Å². The fraction of sp³-hybridized carbons (Fsp3) is 0.778. The molecule has 0 aromatic rings.